The summed E-state index contributed by atoms with van der Waals surface area (Å²) in [6.45, 7) is 9.49. The van der Waals surface area contributed by atoms with E-state index in [-0.39, 0.29) is 17.3 Å². The monoisotopic (exact) mass is 265 g/mol. The molecule has 1 aromatic carbocycles. The van der Waals surface area contributed by atoms with Crippen LogP contribution in [0.5, 0.6) is 0 Å². The maximum atomic E-state index is 13.9. The molecule has 0 saturated carbocycles. The molecule has 0 aliphatic rings. The second kappa shape index (κ2) is 7.64. The van der Waals surface area contributed by atoms with E-state index in [1.54, 1.807) is 12.1 Å². The Bertz CT molecular complexity index is 368. The minimum atomic E-state index is -0.0697. The summed E-state index contributed by atoms with van der Waals surface area (Å²) >= 11 is 0. The Morgan fingerprint density at radius 3 is 2.42 bits per heavy atom. The Balaban J connectivity index is 2.71. The van der Waals surface area contributed by atoms with E-state index in [0.717, 1.165) is 18.5 Å². The minimum Gasteiger partial charge on any atom is -0.311 e. The van der Waals surface area contributed by atoms with E-state index in [9.17, 15) is 4.39 Å². The number of hydrogen-bond donors (Lipinski definition) is 1. The number of unbranched alkanes of at least 4 members (excludes halogenated alkanes) is 2. The van der Waals surface area contributed by atoms with Gasteiger partial charge < -0.3 is 5.32 Å². The van der Waals surface area contributed by atoms with Gasteiger partial charge in [-0.3, -0.25) is 0 Å². The third kappa shape index (κ3) is 6.20. The maximum absolute atomic E-state index is 13.9. The highest BCUT2D eigenvalue weighted by Gasteiger charge is 2.18. The van der Waals surface area contributed by atoms with E-state index in [4.69, 9.17) is 0 Å². The Hall–Kier alpha value is -0.890. The van der Waals surface area contributed by atoms with E-state index in [2.05, 4.69) is 33.0 Å². The highest BCUT2D eigenvalue weighted by Crippen LogP contribution is 2.25. The summed E-state index contributed by atoms with van der Waals surface area (Å²) in [5.74, 6) is 0.201. The van der Waals surface area contributed by atoms with Gasteiger partial charge in [-0.15, -0.1) is 0 Å². The molecule has 1 aromatic rings. The molecule has 0 fully saturated rings. The SMILES string of the molecule is CCCCCC(CNC(C)(C)C)c1ccccc1F. The number of rotatable bonds is 7. The molecule has 1 rings (SSSR count). The third-order valence-electron chi connectivity index (χ3n) is 3.38. The van der Waals surface area contributed by atoms with Crippen LogP contribution in [-0.2, 0) is 0 Å². The van der Waals surface area contributed by atoms with Crippen molar-refractivity contribution in [3.8, 4) is 0 Å². The van der Waals surface area contributed by atoms with Crippen molar-refractivity contribution in [1.29, 1.82) is 0 Å². The lowest BCUT2D eigenvalue weighted by Gasteiger charge is -2.26. The van der Waals surface area contributed by atoms with Crippen LogP contribution in [0.3, 0.4) is 0 Å². The van der Waals surface area contributed by atoms with Crippen molar-refractivity contribution in [3.05, 3.63) is 35.6 Å². The summed E-state index contributed by atoms with van der Waals surface area (Å²) < 4.78 is 13.9. The minimum absolute atomic E-state index is 0.0697. The molecule has 1 unspecified atom stereocenters. The zero-order valence-corrected chi connectivity index (χ0v) is 12.8. The zero-order chi connectivity index (χ0) is 14.3. The van der Waals surface area contributed by atoms with E-state index in [1.807, 2.05) is 12.1 Å². The lowest BCUT2D eigenvalue weighted by atomic mass is 9.91. The van der Waals surface area contributed by atoms with Gasteiger partial charge in [0, 0.05) is 12.1 Å². The quantitative estimate of drug-likeness (QED) is 0.693. The van der Waals surface area contributed by atoms with Gasteiger partial charge >= 0.3 is 0 Å². The van der Waals surface area contributed by atoms with Crippen molar-refractivity contribution in [1.82, 2.24) is 5.32 Å². The molecule has 0 spiro atoms. The average Bonchev–Trinajstić information content (AvgIpc) is 2.33. The van der Waals surface area contributed by atoms with Gasteiger partial charge in [0.15, 0.2) is 0 Å². The standard InChI is InChI=1S/C17H28FN/c1-5-6-7-10-14(13-19-17(2,3)4)15-11-8-9-12-16(15)18/h8-9,11-12,14,19H,5-7,10,13H2,1-4H3. The van der Waals surface area contributed by atoms with Crippen molar-refractivity contribution >= 4 is 0 Å². The average molecular weight is 265 g/mol. The Labute approximate surface area is 117 Å². The van der Waals surface area contributed by atoms with E-state index >= 15 is 0 Å². The van der Waals surface area contributed by atoms with E-state index in [0.29, 0.717) is 0 Å². The van der Waals surface area contributed by atoms with Gasteiger partial charge in [-0.25, -0.2) is 4.39 Å². The van der Waals surface area contributed by atoms with Crippen LogP contribution in [0.2, 0.25) is 0 Å². The first-order valence-electron chi connectivity index (χ1n) is 7.43. The summed E-state index contributed by atoms with van der Waals surface area (Å²) in [6, 6.07) is 7.19. The highest BCUT2D eigenvalue weighted by atomic mass is 19.1. The lowest BCUT2D eigenvalue weighted by Crippen LogP contribution is -2.38. The molecule has 19 heavy (non-hydrogen) atoms. The third-order valence-corrected chi connectivity index (χ3v) is 3.38. The van der Waals surface area contributed by atoms with E-state index < -0.39 is 0 Å². The van der Waals surface area contributed by atoms with Crippen LogP contribution >= 0.6 is 0 Å². The molecule has 0 radical (unpaired) electrons. The van der Waals surface area contributed by atoms with Gasteiger partial charge in [0.1, 0.15) is 5.82 Å². The predicted molar refractivity (Wildman–Crippen MR) is 81.0 cm³/mol. The smallest absolute Gasteiger partial charge is 0.126 e. The fourth-order valence-corrected chi connectivity index (χ4v) is 2.24. The van der Waals surface area contributed by atoms with Crippen LogP contribution in [0.25, 0.3) is 0 Å². The first kappa shape index (κ1) is 16.2. The van der Waals surface area contributed by atoms with Crippen LogP contribution in [0, 0.1) is 5.82 Å². The van der Waals surface area contributed by atoms with Gasteiger partial charge in [0.25, 0.3) is 0 Å². The highest BCUT2D eigenvalue weighted by molar-refractivity contribution is 5.22. The molecule has 1 atom stereocenters. The van der Waals surface area contributed by atoms with Gasteiger partial charge in [0.05, 0.1) is 0 Å². The molecule has 0 aromatic heterocycles. The molecule has 0 aliphatic carbocycles. The van der Waals surface area contributed by atoms with Crippen molar-refractivity contribution in [3.63, 3.8) is 0 Å². The van der Waals surface area contributed by atoms with Crippen LogP contribution in [-0.4, -0.2) is 12.1 Å². The first-order valence-corrected chi connectivity index (χ1v) is 7.43. The summed E-state index contributed by atoms with van der Waals surface area (Å²) in [6.07, 6.45) is 4.65. The Morgan fingerprint density at radius 1 is 1.16 bits per heavy atom. The van der Waals surface area contributed by atoms with Crippen molar-refractivity contribution in [2.24, 2.45) is 0 Å². The first-order chi connectivity index (χ1) is 8.94. The molecule has 0 amide bonds. The van der Waals surface area contributed by atoms with E-state index in [1.165, 1.54) is 19.3 Å². The summed E-state index contributed by atoms with van der Waals surface area (Å²) in [5, 5.41) is 3.51. The number of benzene rings is 1. The lowest BCUT2D eigenvalue weighted by molar-refractivity contribution is 0.390. The Morgan fingerprint density at radius 2 is 1.84 bits per heavy atom. The van der Waals surface area contributed by atoms with Crippen LogP contribution < -0.4 is 5.32 Å². The second-order valence-corrected chi connectivity index (χ2v) is 6.35. The largest absolute Gasteiger partial charge is 0.311 e. The van der Waals surface area contributed by atoms with Crippen molar-refractivity contribution in [2.45, 2.75) is 64.8 Å². The summed E-state index contributed by atoms with van der Waals surface area (Å²) in [4.78, 5) is 0. The molecule has 1 nitrogen and oxygen atoms in total. The molecule has 108 valence electrons. The molecule has 2 heteroatoms. The second-order valence-electron chi connectivity index (χ2n) is 6.35. The van der Waals surface area contributed by atoms with Crippen molar-refractivity contribution < 1.29 is 4.39 Å². The van der Waals surface area contributed by atoms with Crippen molar-refractivity contribution in [2.75, 3.05) is 6.54 Å². The number of halogens is 1. The zero-order valence-electron chi connectivity index (χ0n) is 12.8. The van der Waals surface area contributed by atoms with Crippen LogP contribution in [0.15, 0.2) is 24.3 Å². The summed E-state index contributed by atoms with van der Waals surface area (Å²) in [5.41, 5.74) is 0.934. The molecular formula is C17H28FN. The number of hydrogen-bond acceptors (Lipinski definition) is 1. The topological polar surface area (TPSA) is 12.0 Å². The normalized spacial score (nSPS) is 13.5. The molecule has 1 N–H and O–H groups in total. The molecule has 0 heterocycles. The van der Waals surface area contributed by atoms with Gasteiger partial charge in [0.2, 0.25) is 0 Å². The van der Waals surface area contributed by atoms with Gasteiger partial charge in [-0.1, -0.05) is 44.4 Å². The maximum Gasteiger partial charge on any atom is 0.126 e. The van der Waals surface area contributed by atoms with Gasteiger partial charge in [-0.2, -0.15) is 0 Å². The van der Waals surface area contributed by atoms with Gasteiger partial charge in [-0.05, 0) is 44.7 Å². The fourth-order valence-electron chi connectivity index (χ4n) is 2.24. The molecule has 0 aliphatic heterocycles. The Kier molecular flexibility index (Phi) is 6.50. The molecular weight excluding hydrogens is 237 g/mol. The molecule has 0 bridgehead atoms. The predicted octanol–water partition coefficient (Wildman–Crippen LogP) is 4.88. The molecule has 0 saturated heterocycles. The fraction of sp³-hybridized carbons (Fsp3) is 0.647. The van der Waals surface area contributed by atoms with Crippen LogP contribution in [0.4, 0.5) is 4.39 Å². The van der Waals surface area contributed by atoms with Crippen LogP contribution in [0.1, 0.15) is 64.9 Å². The number of nitrogens with one attached hydrogen (secondary N) is 1. The summed E-state index contributed by atoms with van der Waals surface area (Å²) in [7, 11) is 0.